The molecule has 0 radical (unpaired) electrons. The summed E-state index contributed by atoms with van der Waals surface area (Å²) in [7, 11) is 0. The Bertz CT molecular complexity index is 455. The van der Waals surface area contributed by atoms with Crippen molar-refractivity contribution in [2.75, 3.05) is 0 Å². The Morgan fingerprint density at radius 1 is 1.31 bits per heavy atom. The predicted molar refractivity (Wildman–Crippen MR) is 62.2 cm³/mol. The maximum Gasteiger partial charge on any atom is 0.165 e. The summed E-state index contributed by atoms with van der Waals surface area (Å²) < 4.78 is 5.54. The number of hydrogen-bond acceptors (Lipinski definition) is 3. The average Bonchev–Trinajstić information content (AvgIpc) is 2.48. The van der Waals surface area contributed by atoms with Crippen LogP contribution in [-0.2, 0) is 0 Å². The van der Waals surface area contributed by atoms with Crippen LogP contribution in [0.25, 0.3) is 0 Å². The number of ether oxygens (including phenoxy) is 1. The number of pyridine rings is 1. The minimum atomic E-state index is 0.227. The first-order valence-corrected chi connectivity index (χ1v) is 5.11. The number of rotatable bonds is 2. The summed E-state index contributed by atoms with van der Waals surface area (Å²) in [6.45, 7) is 1.91. The second-order valence-corrected chi connectivity index (χ2v) is 3.54. The van der Waals surface area contributed by atoms with Gasteiger partial charge in [0.1, 0.15) is 11.5 Å². The SMILES string of the molecule is Cc1ccc(OC2=C(O)CC=CC=C2)cn1. The molecule has 0 amide bonds. The molecule has 0 saturated heterocycles. The zero-order valence-corrected chi connectivity index (χ0v) is 9.05. The first kappa shape index (κ1) is 10.5. The number of hydrogen-bond donors (Lipinski definition) is 1. The third-order valence-electron chi connectivity index (χ3n) is 2.20. The van der Waals surface area contributed by atoms with E-state index in [1.54, 1.807) is 12.3 Å². The Morgan fingerprint density at radius 3 is 2.94 bits per heavy atom. The van der Waals surface area contributed by atoms with E-state index in [2.05, 4.69) is 4.98 Å². The van der Waals surface area contributed by atoms with Crippen molar-refractivity contribution in [1.29, 1.82) is 0 Å². The van der Waals surface area contributed by atoms with Crippen LogP contribution >= 0.6 is 0 Å². The van der Waals surface area contributed by atoms with Crippen LogP contribution in [0.15, 0.2) is 54.2 Å². The van der Waals surface area contributed by atoms with Crippen LogP contribution in [0.5, 0.6) is 5.75 Å². The van der Waals surface area contributed by atoms with E-state index in [0.717, 1.165) is 5.69 Å². The van der Waals surface area contributed by atoms with E-state index in [1.165, 1.54) is 0 Å². The van der Waals surface area contributed by atoms with Gasteiger partial charge in [0.2, 0.25) is 0 Å². The van der Waals surface area contributed by atoms with Crippen molar-refractivity contribution < 1.29 is 9.84 Å². The molecule has 0 unspecified atom stereocenters. The summed E-state index contributed by atoms with van der Waals surface area (Å²) in [6.07, 6.45) is 9.44. The van der Waals surface area contributed by atoms with Gasteiger partial charge < -0.3 is 9.84 Å². The average molecular weight is 215 g/mol. The molecule has 0 spiro atoms. The van der Waals surface area contributed by atoms with Crippen molar-refractivity contribution in [3.63, 3.8) is 0 Å². The molecule has 0 saturated carbocycles. The number of allylic oxidation sites excluding steroid dienone is 4. The molecule has 0 bridgehead atoms. The van der Waals surface area contributed by atoms with E-state index in [1.807, 2.05) is 37.3 Å². The van der Waals surface area contributed by atoms with E-state index < -0.39 is 0 Å². The smallest absolute Gasteiger partial charge is 0.165 e. The lowest BCUT2D eigenvalue weighted by Gasteiger charge is -2.07. The highest BCUT2D eigenvalue weighted by molar-refractivity contribution is 5.30. The normalized spacial score (nSPS) is 15.1. The van der Waals surface area contributed by atoms with Crippen molar-refractivity contribution >= 4 is 0 Å². The fourth-order valence-electron chi connectivity index (χ4n) is 1.33. The largest absolute Gasteiger partial charge is 0.508 e. The fraction of sp³-hybridized carbons (Fsp3) is 0.154. The van der Waals surface area contributed by atoms with Gasteiger partial charge in [-0.1, -0.05) is 18.2 Å². The van der Waals surface area contributed by atoms with Crippen LogP contribution in [0.1, 0.15) is 12.1 Å². The molecule has 0 atom stereocenters. The lowest BCUT2D eigenvalue weighted by molar-refractivity contribution is 0.340. The van der Waals surface area contributed by atoms with Gasteiger partial charge in [-0.2, -0.15) is 0 Å². The second-order valence-electron chi connectivity index (χ2n) is 3.54. The van der Waals surface area contributed by atoms with Gasteiger partial charge in [-0.3, -0.25) is 4.98 Å². The molecule has 82 valence electrons. The minimum Gasteiger partial charge on any atom is -0.508 e. The molecular weight excluding hydrogens is 202 g/mol. The van der Waals surface area contributed by atoms with Gasteiger partial charge >= 0.3 is 0 Å². The lowest BCUT2D eigenvalue weighted by Crippen LogP contribution is -1.97. The molecule has 2 rings (SSSR count). The van der Waals surface area contributed by atoms with E-state index in [4.69, 9.17) is 4.74 Å². The maximum atomic E-state index is 9.70. The van der Waals surface area contributed by atoms with Crippen molar-refractivity contribution in [3.05, 3.63) is 59.8 Å². The predicted octanol–water partition coefficient (Wildman–Crippen LogP) is 3.05. The lowest BCUT2D eigenvalue weighted by atomic mass is 10.3. The zero-order chi connectivity index (χ0) is 11.4. The second kappa shape index (κ2) is 4.66. The molecule has 1 heterocycles. The first-order chi connectivity index (χ1) is 7.75. The molecular formula is C13H13NO2. The van der Waals surface area contributed by atoms with E-state index >= 15 is 0 Å². The number of aliphatic hydroxyl groups excluding tert-OH is 1. The Kier molecular flexibility index (Phi) is 3.05. The van der Waals surface area contributed by atoms with Gasteiger partial charge in [0.05, 0.1) is 6.20 Å². The molecule has 1 aliphatic rings. The molecule has 1 N–H and O–H groups in total. The van der Waals surface area contributed by atoms with Gasteiger partial charge in [-0.15, -0.1) is 0 Å². The molecule has 1 aromatic heterocycles. The Hall–Kier alpha value is -2.03. The van der Waals surface area contributed by atoms with Crippen LogP contribution in [0.3, 0.4) is 0 Å². The number of nitrogens with zero attached hydrogens (tertiary/aromatic N) is 1. The molecule has 0 fully saturated rings. The summed E-state index contributed by atoms with van der Waals surface area (Å²) >= 11 is 0. The monoisotopic (exact) mass is 215 g/mol. The third kappa shape index (κ3) is 2.51. The highest BCUT2D eigenvalue weighted by Gasteiger charge is 2.06. The molecule has 0 aromatic carbocycles. The Morgan fingerprint density at radius 2 is 2.19 bits per heavy atom. The van der Waals surface area contributed by atoms with Crippen molar-refractivity contribution in [1.82, 2.24) is 4.98 Å². The summed E-state index contributed by atoms with van der Waals surface area (Å²) in [5.41, 5.74) is 0.934. The van der Waals surface area contributed by atoms with Gasteiger partial charge in [0, 0.05) is 12.1 Å². The number of aryl methyl sites for hydroxylation is 1. The molecule has 1 aliphatic carbocycles. The fourth-order valence-corrected chi connectivity index (χ4v) is 1.33. The molecule has 0 aliphatic heterocycles. The maximum absolute atomic E-state index is 9.70. The van der Waals surface area contributed by atoms with Crippen LogP contribution < -0.4 is 4.74 Å². The summed E-state index contributed by atoms with van der Waals surface area (Å²) in [6, 6.07) is 3.69. The number of aliphatic hydroxyl groups is 1. The molecule has 1 aromatic rings. The van der Waals surface area contributed by atoms with E-state index in [0.29, 0.717) is 17.9 Å². The van der Waals surface area contributed by atoms with Crippen molar-refractivity contribution in [2.24, 2.45) is 0 Å². The summed E-state index contributed by atoms with van der Waals surface area (Å²) in [5.74, 6) is 1.32. The third-order valence-corrected chi connectivity index (χ3v) is 2.20. The van der Waals surface area contributed by atoms with Crippen LogP contribution in [0, 0.1) is 6.92 Å². The van der Waals surface area contributed by atoms with Crippen molar-refractivity contribution in [3.8, 4) is 5.75 Å². The highest BCUT2D eigenvalue weighted by atomic mass is 16.5. The topological polar surface area (TPSA) is 42.4 Å². The van der Waals surface area contributed by atoms with E-state index in [-0.39, 0.29) is 5.76 Å². The van der Waals surface area contributed by atoms with Crippen molar-refractivity contribution in [2.45, 2.75) is 13.3 Å². The van der Waals surface area contributed by atoms with Gasteiger partial charge in [-0.25, -0.2) is 0 Å². The quantitative estimate of drug-likeness (QED) is 0.824. The van der Waals surface area contributed by atoms with Crippen LogP contribution in [0.4, 0.5) is 0 Å². The molecule has 3 nitrogen and oxygen atoms in total. The molecule has 16 heavy (non-hydrogen) atoms. The van der Waals surface area contributed by atoms with Gasteiger partial charge in [0.15, 0.2) is 5.76 Å². The minimum absolute atomic E-state index is 0.227. The standard InChI is InChI=1S/C13H13NO2/c1-10-7-8-11(9-14-10)16-13-6-4-2-3-5-12(13)15/h2-4,6-9,15H,5H2,1H3. The van der Waals surface area contributed by atoms with E-state index in [9.17, 15) is 5.11 Å². The summed E-state index contributed by atoms with van der Waals surface area (Å²) in [4.78, 5) is 4.12. The Labute approximate surface area is 94.4 Å². The first-order valence-electron chi connectivity index (χ1n) is 5.11. The highest BCUT2D eigenvalue weighted by Crippen LogP contribution is 2.18. The molecule has 3 heteroatoms. The van der Waals surface area contributed by atoms with Gasteiger partial charge in [0.25, 0.3) is 0 Å². The van der Waals surface area contributed by atoms with Gasteiger partial charge in [-0.05, 0) is 25.1 Å². The summed E-state index contributed by atoms with van der Waals surface area (Å²) in [5, 5.41) is 9.70. The van der Waals surface area contributed by atoms with Crippen LogP contribution in [-0.4, -0.2) is 10.1 Å². The Balaban J connectivity index is 2.18. The zero-order valence-electron chi connectivity index (χ0n) is 9.05. The number of aromatic nitrogens is 1. The van der Waals surface area contributed by atoms with Crippen LogP contribution in [0.2, 0.25) is 0 Å².